The second-order valence-corrected chi connectivity index (χ2v) is 6.24. The number of nitrogens with zero attached hydrogens (tertiary/aromatic N) is 2. The van der Waals surface area contributed by atoms with Gasteiger partial charge in [-0.15, -0.1) is 0 Å². The van der Waals surface area contributed by atoms with Gasteiger partial charge in [0, 0.05) is 20.2 Å². The molecule has 0 spiro atoms. The van der Waals surface area contributed by atoms with E-state index < -0.39 is 33.5 Å². The van der Waals surface area contributed by atoms with E-state index in [0.717, 1.165) is 6.92 Å². The summed E-state index contributed by atoms with van der Waals surface area (Å²) in [5, 5.41) is 14.9. The van der Waals surface area contributed by atoms with E-state index in [1.54, 1.807) is 13.2 Å². The zero-order chi connectivity index (χ0) is 14.6. The van der Waals surface area contributed by atoms with Crippen molar-refractivity contribution in [2.24, 2.45) is 7.05 Å². The number of carbonyl (C=O) groups excluding carboxylic acids is 1. The van der Waals surface area contributed by atoms with E-state index in [1.807, 2.05) is 0 Å². The number of aliphatic carboxylic acids is 1. The van der Waals surface area contributed by atoms with Crippen molar-refractivity contribution in [1.82, 2.24) is 15.1 Å². The molecule has 1 atom stereocenters. The Labute approximate surface area is 110 Å². The molecule has 8 nitrogen and oxygen atoms in total. The lowest BCUT2D eigenvalue weighted by Crippen LogP contribution is -2.44. The Morgan fingerprint density at radius 1 is 1.53 bits per heavy atom. The summed E-state index contributed by atoms with van der Waals surface area (Å²) in [6.07, 6.45) is 1.59. The van der Waals surface area contributed by atoms with Gasteiger partial charge in [-0.05, 0) is 6.07 Å². The fraction of sp³-hybridized carbons (Fsp3) is 0.500. The Kier molecular flexibility index (Phi) is 4.65. The smallest absolute Gasteiger partial charge is 0.327 e. The quantitative estimate of drug-likeness (QED) is 0.688. The summed E-state index contributed by atoms with van der Waals surface area (Å²) < 4.78 is 25.1. The lowest BCUT2D eigenvalue weighted by Gasteiger charge is -2.12. The van der Waals surface area contributed by atoms with E-state index >= 15 is 0 Å². The molecule has 0 saturated heterocycles. The Morgan fingerprint density at radius 3 is 2.58 bits per heavy atom. The molecule has 0 aromatic carbocycles. The number of hydrogen-bond donors (Lipinski definition) is 2. The Bertz CT molecular complexity index is 578. The molecule has 106 valence electrons. The van der Waals surface area contributed by atoms with Crippen LogP contribution < -0.4 is 5.32 Å². The van der Waals surface area contributed by atoms with E-state index in [2.05, 4.69) is 10.4 Å². The normalized spacial score (nSPS) is 12.9. The highest BCUT2D eigenvalue weighted by molar-refractivity contribution is 7.90. The molecule has 0 radical (unpaired) electrons. The minimum atomic E-state index is -3.68. The van der Waals surface area contributed by atoms with Gasteiger partial charge in [-0.3, -0.25) is 9.48 Å². The maximum absolute atomic E-state index is 11.8. The highest BCUT2D eigenvalue weighted by Crippen LogP contribution is 2.05. The molecule has 0 aliphatic rings. The predicted molar refractivity (Wildman–Crippen MR) is 65.9 cm³/mol. The number of carboxylic acid groups (broad SMARTS) is 1. The largest absolute Gasteiger partial charge is 0.480 e. The van der Waals surface area contributed by atoms with Crippen LogP contribution >= 0.6 is 0 Å². The van der Waals surface area contributed by atoms with Crippen LogP contribution in [0.1, 0.15) is 12.6 Å². The molecule has 0 aliphatic heterocycles. The summed E-state index contributed by atoms with van der Waals surface area (Å²) in [5.74, 6) is -3.02. The second kappa shape index (κ2) is 5.83. The Morgan fingerprint density at radius 2 is 2.16 bits per heavy atom. The molecule has 0 aliphatic carbocycles. The highest BCUT2D eigenvalue weighted by atomic mass is 32.2. The monoisotopic (exact) mass is 289 g/mol. The van der Waals surface area contributed by atoms with Crippen molar-refractivity contribution in [2.45, 2.75) is 18.7 Å². The summed E-state index contributed by atoms with van der Waals surface area (Å²) in [4.78, 5) is 21.7. The molecule has 1 heterocycles. The molecule has 0 saturated carbocycles. The standard InChI is InChI=1S/C10H15N3O5S/c1-7(14)11-9(10(15)16)6-19(17,18)5-8-3-4-13(2)12-8/h3-4,9H,5-6H2,1-2H3,(H,11,14)(H,15,16). The predicted octanol–water partition coefficient (Wildman–Crippen LogP) is -1.08. The van der Waals surface area contributed by atoms with Gasteiger partial charge in [0.2, 0.25) is 5.91 Å². The number of sulfone groups is 1. The van der Waals surface area contributed by atoms with Crippen LogP contribution in [0.25, 0.3) is 0 Å². The molecule has 9 heteroatoms. The van der Waals surface area contributed by atoms with Crippen LogP contribution in [0, 0.1) is 0 Å². The van der Waals surface area contributed by atoms with E-state index in [1.165, 1.54) is 10.7 Å². The van der Waals surface area contributed by atoms with Gasteiger partial charge in [-0.1, -0.05) is 0 Å². The first kappa shape index (κ1) is 15.2. The number of nitrogens with one attached hydrogen (secondary N) is 1. The zero-order valence-corrected chi connectivity index (χ0v) is 11.3. The summed E-state index contributed by atoms with van der Waals surface area (Å²) in [6.45, 7) is 1.13. The van der Waals surface area contributed by atoms with Gasteiger partial charge in [-0.25, -0.2) is 13.2 Å². The Hall–Kier alpha value is -1.90. The SMILES string of the molecule is CC(=O)NC(CS(=O)(=O)Cc1ccn(C)n1)C(=O)O. The van der Waals surface area contributed by atoms with E-state index in [-0.39, 0.29) is 5.75 Å². The first-order valence-corrected chi connectivity index (χ1v) is 7.20. The molecule has 2 N–H and O–H groups in total. The van der Waals surface area contributed by atoms with Gasteiger partial charge in [0.1, 0.15) is 6.04 Å². The first-order chi connectivity index (χ1) is 8.69. The summed E-state index contributed by atoms with van der Waals surface area (Å²) >= 11 is 0. The van der Waals surface area contributed by atoms with Crippen LogP contribution in [-0.2, 0) is 32.2 Å². The van der Waals surface area contributed by atoms with E-state index in [4.69, 9.17) is 5.11 Å². The maximum atomic E-state index is 11.8. The van der Waals surface area contributed by atoms with Gasteiger partial charge < -0.3 is 10.4 Å². The van der Waals surface area contributed by atoms with Crippen LogP contribution in [0.4, 0.5) is 0 Å². The first-order valence-electron chi connectivity index (χ1n) is 5.38. The molecule has 1 aromatic rings. The van der Waals surface area contributed by atoms with Crippen molar-refractivity contribution in [3.05, 3.63) is 18.0 Å². The topological polar surface area (TPSA) is 118 Å². The van der Waals surface area contributed by atoms with E-state index in [0.29, 0.717) is 5.69 Å². The third-order valence-corrected chi connectivity index (χ3v) is 3.81. The highest BCUT2D eigenvalue weighted by Gasteiger charge is 2.26. The van der Waals surface area contributed by atoms with Gasteiger partial charge in [0.15, 0.2) is 9.84 Å². The third-order valence-electron chi connectivity index (χ3n) is 2.23. The Balaban J connectivity index is 2.76. The van der Waals surface area contributed by atoms with Gasteiger partial charge in [0.25, 0.3) is 0 Å². The zero-order valence-electron chi connectivity index (χ0n) is 10.5. The van der Waals surface area contributed by atoms with E-state index in [9.17, 15) is 18.0 Å². The average Bonchev–Trinajstić information content (AvgIpc) is 2.60. The summed E-state index contributed by atoms with van der Waals surface area (Å²) in [6, 6.07) is 0.0809. The summed E-state index contributed by atoms with van der Waals surface area (Å²) in [5.41, 5.74) is 0.328. The molecule has 1 amide bonds. The minimum absolute atomic E-state index is 0.328. The van der Waals surface area contributed by atoms with Crippen LogP contribution in [0.5, 0.6) is 0 Å². The van der Waals surface area contributed by atoms with Crippen molar-refractivity contribution in [3.8, 4) is 0 Å². The van der Waals surface area contributed by atoms with Gasteiger partial charge in [-0.2, -0.15) is 5.10 Å². The molecule has 1 rings (SSSR count). The number of aryl methyl sites for hydroxylation is 1. The number of carbonyl (C=O) groups is 2. The van der Waals surface area contributed by atoms with Crippen LogP contribution in [0.2, 0.25) is 0 Å². The number of amides is 1. The summed E-state index contributed by atoms with van der Waals surface area (Å²) in [7, 11) is -2.04. The third kappa shape index (κ3) is 5.08. The average molecular weight is 289 g/mol. The maximum Gasteiger partial charge on any atom is 0.327 e. The number of carboxylic acids is 1. The van der Waals surface area contributed by atoms with Crippen molar-refractivity contribution < 1.29 is 23.1 Å². The molecule has 0 fully saturated rings. The molecule has 19 heavy (non-hydrogen) atoms. The number of aromatic nitrogens is 2. The minimum Gasteiger partial charge on any atom is -0.480 e. The van der Waals surface area contributed by atoms with Gasteiger partial charge in [0.05, 0.1) is 17.2 Å². The fourth-order valence-corrected chi connectivity index (χ4v) is 2.95. The molecule has 0 bridgehead atoms. The lowest BCUT2D eigenvalue weighted by molar-refractivity contribution is -0.140. The molecular weight excluding hydrogens is 274 g/mol. The van der Waals surface area contributed by atoms with Crippen molar-refractivity contribution in [2.75, 3.05) is 5.75 Å². The van der Waals surface area contributed by atoms with Crippen molar-refractivity contribution in [3.63, 3.8) is 0 Å². The van der Waals surface area contributed by atoms with Crippen LogP contribution in [0.3, 0.4) is 0 Å². The number of rotatable bonds is 6. The number of hydrogen-bond acceptors (Lipinski definition) is 5. The van der Waals surface area contributed by atoms with Crippen molar-refractivity contribution >= 4 is 21.7 Å². The molecule has 1 aromatic heterocycles. The van der Waals surface area contributed by atoms with Gasteiger partial charge >= 0.3 is 5.97 Å². The van der Waals surface area contributed by atoms with Crippen LogP contribution in [0.15, 0.2) is 12.3 Å². The second-order valence-electron chi connectivity index (χ2n) is 4.13. The molecule has 1 unspecified atom stereocenters. The molecular formula is C10H15N3O5S. The lowest BCUT2D eigenvalue weighted by atomic mass is 10.3. The van der Waals surface area contributed by atoms with Crippen molar-refractivity contribution in [1.29, 1.82) is 0 Å². The van der Waals surface area contributed by atoms with Crippen LogP contribution in [-0.4, -0.2) is 47.0 Å². The fourth-order valence-electron chi connectivity index (χ4n) is 1.50.